The molecule has 1 aromatic carbocycles. The monoisotopic (exact) mass is 175 g/mol. The molecule has 0 aliphatic heterocycles. The van der Waals surface area contributed by atoms with Crippen LogP contribution in [0.15, 0.2) is 24.3 Å². The van der Waals surface area contributed by atoms with Crippen LogP contribution >= 0.6 is 0 Å². The fraction of sp³-hybridized carbons (Fsp3) is 0.500. The molecule has 2 aliphatic carbocycles. The van der Waals surface area contributed by atoms with E-state index in [0.29, 0.717) is 12.5 Å². The van der Waals surface area contributed by atoms with E-state index in [0.717, 1.165) is 11.8 Å². The maximum absolute atomic E-state index is 7.58. The van der Waals surface area contributed by atoms with E-state index in [-0.39, 0.29) is 0 Å². The van der Waals surface area contributed by atoms with Crippen molar-refractivity contribution in [1.82, 2.24) is 0 Å². The van der Waals surface area contributed by atoms with E-state index >= 15 is 0 Å². The average molecular weight is 175 g/mol. The fourth-order valence-electron chi connectivity index (χ4n) is 3.31. The molecule has 13 heavy (non-hydrogen) atoms. The van der Waals surface area contributed by atoms with E-state index < -0.39 is 0 Å². The van der Waals surface area contributed by atoms with Gasteiger partial charge in [-0.2, -0.15) is 0 Å². The highest BCUT2D eigenvalue weighted by Crippen LogP contribution is 2.56. The summed E-state index contributed by atoms with van der Waals surface area (Å²) in [7, 11) is 0. The van der Waals surface area contributed by atoms with E-state index in [2.05, 4.69) is 24.3 Å². The minimum Gasteiger partial charge on any atom is -0.445 e. The molecule has 1 aromatic rings. The van der Waals surface area contributed by atoms with Gasteiger partial charge >= 0.3 is 0 Å². The lowest BCUT2D eigenvalue weighted by atomic mass is 9.92. The van der Waals surface area contributed by atoms with Gasteiger partial charge in [0.05, 0.1) is 0 Å². The van der Waals surface area contributed by atoms with Gasteiger partial charge in [-0.1, -0.05) is 24.3 Å². The highest BCUT2D eigenvalue weighted by molar-refractivity contribution is 5.42. The molecule has 2 N–H and O–H groups in total. The van der Waals surface area contributed by atoms with Crippen LogP contribution < -0.4 is 0 Å². The smallest absolute Gasteiger partial charge is 0.147 e. The fourth-order valence-corrected chi connectivity index (χ4v) is 3.31. The molecule has 0 radical (unpaired) electrons. The first kappa shape index (κ1) is 7.57. The summed E-state index contributed by atoms with van der Waals surface area (Å²) >= 11 is 0. The van der Waals surface area contributed by atoms with Crippen LogP contribution in [-0.2, 0) is 0 Å². The summed E-state index contributed by atoms with van der Waals surface area (Å²) in [6.07, 6.45) is 2.65. The normalized spacial score (nSPS) is 35.0. The zero-order valence-electron chi connectivity index (χ0n) is 7.66. The highest BCUT2D eigenvalue weighted by atomic mass is 16.3. The summed E-state index contributed by atoms with van der Waals surface area (Å²) in [6.45, 7) is 0.615. The molecule has 1 saturated carbocycles. The molecule has 1 nitrogen and oxygen atoms in total. The summed E-state index contributed by atoms with van der Waals surface area (Å²) in [5, 5.41) is 7.58. The van der Waals surface area contributed by atoms with Crippen molar-refractivity contribution < 1.29 is 5.11 Å². The number of fused-ring (bicyclic) bond motifs is 5. The Labute approximate surface area is 78.4 Å². The molecule has 2 aliphatic rings. The third-order valence-electron chi connectivity index (χ3n) is 3.85. The van der Waals surface area contributed by atoms with Crippen molar-refractivity contribution in [2.45, 2.75) is 24.7 Å². The summed E-state index contributed by atoms with van der Waals surface area (Å²) in [5.41, 5.74) is 3.10. The predicted octanol–water partition coefficient (Wildman–Crippen LogP) is 2.00. The van der Waals surface area contributed by atoms with Gasteiger partial charge in [-0.05, 0) is 35.8 Å². The maximum atomic E-state index is 7.58. The van der Waals surface area contributed by atoms with Crippen molar-refractivity contribution >= 4 is 0 Å². The lowest BCUT2D eigenvalue weighted by Crippen LogP contribution is -2.08. The second-order valence-electron chi connectivity index (χ2n) is 4.29. The van der Waals surface area contributed by atoms with Gasteiger partial charge in [-0.3, -0.25) is 0 Å². The van der Waals surface area contributed by atoms with Crippen molar-refractivity contribution in [1.29, 1.82) is 0 Å². The summed E-state index contributed by atoms with van der Waals surface area (Å²) in [5.74, 6) is 2.08. The third kappa shape index (κ3) is 0.856. The Morgan fingerprint density at radius 2 is 1.62 bits per heavy atom. The second kappa shape index (κ2) is 2.58. The Bertz CT molecular complexity index is 301. The van der Waals surface area contributed by atoms with Crippen LogP contribution in [-0.4, -0.2) is 11.7 Å². The second-order valence-corrected chi connectivity index (χ2v) is 4.29. The Morgan fingerprint density at radius 1 is 1.08 bits per heavy atom. The van der Waals surface area contributed by atoms with Crippen LogP contribution in [0.2, 0.25) is 0 Å². The topological polar surface area (TPSA) is 22.9 Å². The highest BCUT2D eigenvalue weighted by Gasteiger charge is 2.46. The summed E-state index contributed by atoms with van der Waals surface area (Å²) in [6, 6.07) is 8.81. The predicted molar refractivity (Wildman–Crippen MR) is 53.1 cm³/mol. The van der Waals surface area contributed by atoms with Crippen molar-refractivity contribution in [2.24, 2.45) is 5.92 Å². The van der Waals surface area contributed by atoms with Crippen molar-refractivity contribution in [3.63, 3.8) is 0 Å². The molecule has 1 fully saturated rings. The van der Waals surface area contributed by atoms with Crippen molar-refractivity contribution in [2.75, 3.05) is 6.61 Å². The van der Waals surface area contributed by atoms with Crippen LogP contribution in [0.4, 0.5) is 0 Å². The van der Waals surface area contributed by atoms with E-state index in [1.165, 1.54) is 12.8 Å². The molecule has 3 rings (SSSR count). The third-order valence-corrected chi connectivity index (χ3v) is 3.85. The minimum atomic E-state index is 0.615. The van der Waals surface area contributed by atoms with Gasteiger partial charge in [0.2, 0.25) is 0 Å². The van der Waals surface area contributed by atoms with Crippen LogP contribution in [0.3, 0.4) is 0 Å². The molecule has 68 valence electrons. The Hall–Kier alpha value is -0.820. The van der Waals surface area contributed by atoms with E-state index in [9.17, 15) is 0 Å². The van der Waals surface area contributed by atoms with Gasteiger partial charge in [0, 0.05) is 5.92 Å². The number of hydrogen-bond acceptors (Lipinski definition) is 0. The maximum Gasteiger partial charge on any atom is 0.147 e. The Balaban J connectivity index is 2.12. The quantitative estimate of drug-likeness (QED) is 0.583. The van der Waals surface area contributed by atoms with Crippen LogP contribution in [0.1, 0.15) is 35.8 Å². The number of rotatable bonds is 1. The molecule has 0 saturated heterocycles. The lowest BCUT2D eigenvalue weighted by Gasteiger charge is -2.13. The Morgan fingerprint density at radius 3 is 2.08 bits per heavy atom. The number of hydrogen-bond donors (Lipinski definition) is 0. The van der Waals surface area contributed by atoms with Crippen LogP contribution in [0.5, 0.6) is 0 Å². The first-order valence-electron chi connectivity index (χ1n) is 5.15. The molecule has 0 aromatic heterocycles. The SMILES string of the molecule is [OH2+]CC1[C@@H]2CC[C@H]1c1ccccc12. The van der Waals surface area contributed by atoms with Crippen molar-refractivity contribution in [3.05, 3.63) is 35.4 Å². The molecular formula is C12H15O+. The summed E-state index contributed by atoms with van der Waals surface area (Å²) < 4.78 is 0. The first-order valence-corrected chi connectivity index (χ1v) is 5.15. The molecule has 3 atom stereocenters. The van der Waals surface area contributed by atoms with Gasteiger partial charge in [-0.25, -0.2) is 0 Å². The molecule has 1 unspecified atom stereocenters. The average Bonchev–Trinajstić information content (AvgIpc) is 2.73. The molecule has 0 spiro atoms. The lowest BCUT2D eigenvalue weighted by molar-refractivity contribution is 0.215. The first-order chi connectivity index (χ1) is 6.42. The van der Waals surface area contributed by atoms with Gasteiger partial charge in [0.1, 0.15) is 6.61 Å². The minimum absolute atomic E-state index is 0.615. The molecule has 2 bridgehead atoms. The molecule has 1 heteroatoms. The zero-order valence-corrected chi connectivity index (χ0v) is 7.66. The van der Waals surface area contributed by atoms with Gasteiger partial charge < -0.3 is 5.11 Å². The summed E-state index contributed by atoms with van der Waals surface area (Å²) in [4.78, 5) is 0. The van der Waals surface area contributed by atoms with E-state index in [1.807, 2.05) is 0 Å². The standard InChI is InChI=1S/C12H14O/c13-7-12-10-5-6-11(12)9-4-2-1-3-8(9)10/h1-4,10-13H,5-7H2/p+1/t10-,11+,12?. The molecular weight excluding hydrogens is 160 g/mol. The van der Waals surface area contributed by atoms with E-state index in [1.54, 1.807) is 11.1 Å². The largest absolute Gasteiger partial charge is 0.445 e. The van der Waals surface area contributed by atoms with Crippen LogP contribution in [0.25, 0.3) is 0 Å². The zero-order chi connectivity index (χ0) is 8.84. The van der Waals surface area contributed by atoms with Gasteiger partial charge in [0.25, 0.3) is 0 Å². The van der Waals surface area contributed by atoms with Gasteiger partial charge in [-0.15, -0.1) is 0 Å². The van der Waals surface area contributed by atoms with Gasteiger partial charge in [0.15, 0.2) is 0 Å². The number of benzene rings is 1. The molecule has 0 amide bonds. The van der Waals surface area contributed by atoms with Crippen molar-refractivity contribution in [3.8, 4) is 0 Å². The Kier molecular flexibility index (Phi) is 1.50. The molecule has 0 heterocycles. The van der Waals surface area contributed by atoms with Crippen LogP contribution in [0, 0.1) is 5.92 Å². The van der Waals surface area contributed by atoms with E-state index in [4.69, 9.17) is 5.11 Å².